The molecule has 0 aliphatic carbocycles. The van der Waals surface area contributed by atoms with E-state index in [-0.39, 0.29) is 5.03 Å². The van der Waals surface area contributed by atoms with Gasteiger partial charge >= 0.3 is 0 Å². The number of hydrogen-bond acceptors (Lipinski definition) is 5. The molecule has 1 aromatic rings. The Labute approximate surface area is 127 Å². The highest BCUT2D eigenvalue weighted by atomic mass is 32.2. The SMILES string of the molecule is CC(C)(C)S(=O)(=O)c1ccc(NCC2CCCOC2)cn1. The third-order valence-electron chi connectivity index (χ3n) is 3.67. The number of anilines is 1. The zero-order valence-electron chi connectivity index (χ0n) is 12.9. The van der Waals surface area contributed by atoms with Gasteiger partial charge in [0.1, 0.15) is 0 Å². The molecule has 21 heavy (non-hydrogen) atoms. The number of nitrogens with zero attached hydrogens (tertiary/aromatic N) is 1. The van der Waals surface area contributed by atoms with E-state index in [9.17, 15) is 8.42 Å². The molecule has 2 heterocycles. The van der Waals surface area contributed by atoms with Gasteiger partial charge in [0.15, 0.2) is 14.9 Å². The molecule has 0 radical (unpaired) electrons. The summed E-state index contributed by atoms with van der Waals surface area (Å²) in [6.45, 7) is 7.51. The number of aromatic nitrogens is 1. The van der Waals surface area contributed by atoms with Gasteiger partial charge in [-0.2, -0.15) is 0 Å². The van der Waals surface area contributed by atoms with Crippen LogP contribution < -0.4 is 5.32 Å². The summed E-state index contributed by atoms with van der Waals surface area (Å²) in [6.07, 6.45) is 3.85. The van der Waals surface area contributed by atoms with Gasteiger partial charge in [0, 0.05) is 13.2 Å². The van der Waals surface area contributed by atoms with Crippen LogP contribution in [0.4, 0.5) is 5.69 Å². The molecule has 1 atom stereocenters. The van der Waals surface area contributed by atoms with Crippen molar-refractivity contribution in [1.29, 1.82) is 0 Å². The van der Waals surface area contributed by atoms with Crippen LogP contribution in [0.1, 0.15) is 33.6 Å². The van der Waals surface area contributed by atoms with Crippen molar-refractivity contribution in [2.45, 2.75) is 43.4 Å². The fraction of sp³-hybridized carbons (Fsp3) is 0.667. The molecule has 0 amide bonds. The van der Waals surface area contributed by atoms with Crippen LogP contribution in [0.15, 0.2) is 23.4 Å². The lowest BCUT2D eigenvalue weighted by atomic mass is 10.0. The number of sulfone groups is 1. The van der Waals surface area contributed by atoms with Gasteiger partial charge in [-0.05, 0) is 51.7 Å². The Morgan fingerprint density at radius 1 is 1.38 bits per heavy atom. The van der Waals surface area contributed by atoms with Gasteiger partial charge in [0.25, 0.3) is 0 Å². The van der Waals surface area contributed by atoms with Crippen LogP contribution in [-0.4, -0.2) is 37.9 Å². The van der Waals surface area contributed by atoms with Gasteiger partial charge in [-0.3, -0.25) is 0 Å². The molecule has 5 nitrogen and oxygen atoms in total. The predicted molar refractivity (Wildman–Crippen MR) is 83.2 cm³/mol. The first-order valence-corrected chi connectivity index (χ1v) is 8.81. The lowest BCUT2D eigenvalue weighted by molar-refractivity contribution is 0.0595. The molecule has 1 aromatic heterocycles. The third kappa shape index (κ3) is 3.95. The van der Waals surface area contributed by atoms with Crippen LogP contribution in [0.5, 0.6) is 0 Å². The van der Waals surface area contributed by atoms with E-state index in [2.05, 4.69) is 10.3 Å². The maximum absolute atomic E-state index is 12.3. The van der Waals surface area contributed by atoms with Gasteiger partial charge in [-0.1, -0.05) is 0 Å². The zero-order valence-corrected chi connectivity index (χ0v) is 13.7. The molecule has 1 aliphatic heterocycles. The molecule has 0 spiro atoms. The third-order valence-corrected chi connectivity index (χ3v) is 6.07. The van der Waals surface area contributed by atoms with E-state index in [1.807, 2.05) is 0 Å². The summed E-state index contributed by atoms with van der Waals surface area (Å²) in [6, 6.07) is 3.34. The maximum Gasteiger partial charge on any atom is 0.200 e. The molecule has 1 fully saturated rings. The van der Waals surface area contributed by atoms with Crippen LogP contribution in [0.2, 0.25) is 0 Å². The number of hydrogen-bond donors (Lipinski definition) is 1. The Bertz CT molecular complexity index is 556. The summed E-state index contributed by atoms with van der Waals surface area (Å²) >= 11 is 0. The van der Waals surface area contributed by atoms with Crippen molar-refractivity contribution in [1.82, 2.24) is 4.98 Å². The Morgan fingerprint density at radius 2 is 2.14 bits per heavy atom. The van der Waals surface area contributed by atoms with Crippen LogP contribution in [0, 0.1) is 5.92 Å². The zero-order chi connectivity index (χ0) is 15.5. The molecule has 1 saturated heterocycles. The largest absolute Gasteiger partial charge is 0.383 e. The molecular weight excluding hydrogens is 288 g/mol. The molecule has 0 saturated carbocycles. The normalized spacial score (nSPS) is 20.2. The highest BCUT2D eigenvalue weighted by Crippen LogP contribution is 2.24. The lowest BCUT2D eigenvalue weighted by Gasteiger charge is -2.22. The minimum Gasteiger partial charge on any atom is -0.383 e. The van der Waals surface area contributed by atoms with Crippen molar-refractivity contribution in [3.05, 3.63) is 18.3 Å². The first kappa shape index (κ1) is 16.2. The van der Waals surface area contributed by atoms with E-state index in [4.69, 9.17) is 4.74 Å². The fourth-order valence-electron chi connectivity index (χ4n) is 2.19. The number of nitrogens with one attached hydrogen (secondary N) is 1. The monoisotopic (exact) mass is 312 g/mol. The maximum atomic E-state index is 12.3. The molecular formula is C15H24N2O3S. The van der Waals surface area contributed by atoms with Crippen molar-refractivity contribution in [3.8, 4) is 0 Å². The Kier molecular flexibility index (Phi) is 4.88. The minimum atomic E-state index is -3.39. The van der Waals surface area contributed by atoms with Crippen molar-refractivity contribution in [2.24, 2.45) is 5.92 Å². The van der Waals surface area contributed by atoms with E-state index in [1.165, 1.54) is 0 Å². The summed E-state index contributed by atoms with van der Waals surface area (Å²) in [4.78, 5) is 4.10. The number of rotatable bonds is 4. The second-order valence-corrected chi connectivity index (χ2v) is 9.11. The van der Waals surface area contributed by atoms with Gasteiger partial charge < -0.3 is 10.1 Å². The molecule has 2 rings (SSSR count). The highest BCUT2D eigenvalue weighted by Gasteiger charge is 2.31. The second kappa shape index (κ2) is 6.32. The second-order valence-electron chi connectivity index (χ2n) is 6.46. The quantitative estimate of drug-likeness (QED) is 0.925. The Balaban J connectivity index is 1.99. The van der Waals surface area contributed by atoms with Crippen LogP contribution in [0.3, 0.4) is 0 Å². The fourth-order valence-corrected chi connectivity index (χ4v) is 3.25. The minimum absolute atomic E-state index is 0.126. The van der Waals surface area contributed by atoms with E-state index in [0.717, 1.165) is 38.3 Å². The molecule has 118 valence electrons. The molecule has 1 unspecified atom stereocenters. The van der Waals surface area contributed by atoms with E-state index >= 15 is 0 Å². The van der Waals surface area contributed by atoms with Crippen LogP contribution >= 0.6 is 0 Å². The summed E-state index contributed by atoms with van der Waals surface area (Å²) < 4.78 is 29.1. The van der Waals surface area contributed by atoms with Gasteiger partial charge in [-0.15, -0.1) is 0 Å². The average molecular weight is 312 g/mol. The first-order valence-electron chi connectivity index (χ1n) is 7.33. The lowest BCUT2D eigenvalue weighted by Crippen LogP contribution is -2.28. The van der Waals surface area contributed by atoms with E-state index < -0.39 is 14.6 Å². The van der Waals surface area contributed by atoms with Crippen LogP contribution in [-0.2, 0) is 14.6 Å². The average Bonchev–Trinajstić information content (AvgIpc) is 2.45. The molecule has 6 heteroatoms. The molecule has 0 bridgehead atoms. The van der Waals surface area contributed by atoms with Crippen LogP contribution in [0.25, 0.3) is 0 Å². The molecule has 0 aromatic carbocycles. The standard InChI is InChI=1S/C15H24N2O3S/c1-15(2,3)21(18,19)14-7-6-13(10-17-14)16-9-12-5-4-8-20-11-12/h6-7,10,12,16H,4-5,8-9,11H2,1-3H3. The summed E-state index contributed by atoms with van der Waals surface area (Å²) in [5, 5.41) is 3.42. The Hall–Kier alpha value is -1.14. The van der Waals surface area contributed by atoms with E-state index in [1.54, 1.807) is 39.1 Å². The van der Waals surface area contributed by atoms with E-state index in [0.29, 0.717) is 5.92 Å². The Morgan fingerprint density at radius 3 is 2.67 bits per heavy atom. The topological polar surface area (TPSA) is 68.3 Å². The van der Waals surface area contributed by atoms with Gasteiger partial charge in [-0.25, -0.2) is 13.4 Å². The van der Waals surface area contributed by atoms with Gasteiger partial charge in [0.05, 0.1) is 23.2 Å². The van der Waals surface area contributed by atoms with Crippen molar-refractivity contribution >= 4 is 15.5 Å². The number of ether oxygens (including phenoxy) is 1. The van der Waals surface area contributed by atoms with Gasteiger partial charge in [0.2, 0.25) is 0 Å². The predicted octanol–water partition coefficient (Wildman–Crippen LogP) is 2.49. The molecule has 1 N–H and O–H groups in total. The molecule has 1 aliphatic rings. The summed E-state index contributed by atoms with van der Waals surface area (Å²) in [7, 11) is -3.39. The number of pyridine rings is 1. The van der Waals surface area contributed by atoms with Crippen molar-refractivity contribution in [2.75, 3.05) is 25.1 Å². The summed E-state index contributed by atoms with van der Waals surface area (Å²) in [5.74, 6) is 0.511. The summed E-state index contributed by atoms with van der Waals surface area (Å²) in [5.41, 5.74) is 0.841. The first-order chi connectivity index (χ1) is 9.80. The highest BCUT2D eigenvalue weighted by molar-refractivity contribution is 7.92. The van der Waals surface area contributed by atoms with Crippen molar-refractivity contribution in [3.63, 3.8) is 0 Å². The van der Waals surface area contributed by atoms with Crippen molar-refractivity contribution < 1.29 is 13.2 Å². The smallest absolute Gasteiger partial charge is 0.200 e.